The van der Waals surface area contributed by atoms with Crippen molar-refractivity contribution in [1.29, 1.82) is 0 Å². The molecule has 0 fully saturated rings. The van der Waals surface area contributed by atoms with Crippen molar-refractivity contribution in [1.82, 2.24) is 4.98 Å². The van der Waals surface area contributed by atoms with Gasteiger partial charge in [0.2, 0.25) is 0 Å². The first-order valence-corrected chi connectivity index (χ1v) is 6.44. The van der Waals surface area contributed by atoms with E-state index in [-0.39, 0.29) is 0 Å². The fraction of sp³-hybridized carbons (Fsp3) is 0.308. The molecule has 0 saturated heterocycles. The number of para-hydroxylation sites is 1. The zero-order chi connectivity index (χ0) is 12.1. The van der Waals surface area contributed by atoms with Gasteiger partial charge >= 0.3 is 0 Å². The molecule has 0 radical (unpaired) electrons. The lowest BCUT2D eigenvalue weighted by molar-refractivity contribution is 0.305. The van der Waals surface area contributed by atoms with Gasteiger partial charge in [-0.1, -0.05) is 18.2 Å². The number of nitrogens with zero attached hydrogens (tertiary/aromatic N) is 1. The van der Waals surface area contributed by atoms with Crippen molar-refractivity contribution < 1.29 is 4.74 Å². The zero-order valence-corrected chi connectivity index (χ0v) is 10.7. The number of hydrogen-bond acceptors (Lipinski definition) is 4. The highest BCUT2D eigenvalue weighted by molar-refractivity contribution is 7.11. The largest absolute Gasteiger partial charge is 0.486 e. The minimum atomic E-state index is 0.528. The summed E-state index contributed by atoms with van der Waals surface area (Å²) in [5.74, 6) is 0.876. The van der Waals surface area contributed by atoms with Crippen LogP contribution in [0.3, 0.4) is 0 Å². The lowest BCUT2D eigenvalue weighted by Gasteiger charge is -2.02. The van der Waals surface area contributed by atoms with Gasteiger partial charge in [-0.15, -0.1) is 11.3 Å². The third kappa shape index (κ3) is 3.28. The molecule has 0 amide bonds. The molecule has 3 nitrogen and oxygen atoms in total. The Morgan fingerprint density at radius 2 is 2.06 bits per heavy atom. The standard InChI is InChI=1S/C13H16N2OS/c1-10-12(7-8-14)17-13(15-10)9-16-11-5-3-2-4-6-11/h2-6H,7-9,14H2,1H3. The summed E-state index contributed by atoms with van der Waals surface area (Å²) in [6.45, 7) is 3.22. The Morgan fingerprint density at radius 1 is 1.29 bits per heavy atom. The van der Waals surface area contributed by atoms with Gasteiger partial charge in [-0.25, -0.2) is 4.98 Å². The summed E-state index contributed by atoms with van der Waals surface area (Å²) in [6.07, 6.45) is 0.898. The average Bonchev–Trinajstić information content (AvgIpc) is 2.70. The number of aryl methyl sites for hydroxylation is 1. The lowest BCUT2D eigenvalue weighted by atomic mass is 10.3. The summed E-state index contributed by atoms with van der Waals surface area (Å²) in [5, 5.41) is 1.01. The van der Waals surface area contributed by atoms with E-state index in [9.17, 15) is 0 Å². The van der Waals surface area contributed by atoms with Crippen LogP contribution in [-0.2, 0) is 13.0 Å². The van der Waals surface area contributed by atoms with Crippen LogP contribution < -0.4 is 10.5 Å². The molecule has 2 aromatic rings. The molecule has 1 heterocycles. The minimum absolute atomic E-state index is 0.528. The molecular formula is C13H16N2OS. The number of benzene rings is 1. The molecule has 4 heteroatoms. The number of aromatic nitrogens is 1. The Hall–Kier alpha value is -1.39. The molecule has 0 aliphatic carbocycles. The van der Waals surface area contributed by atoms with Gasteiger partial charge in [0.05, 0.1) is 5.69 Å². The van der Waals surface area contributed by atoms with Gasteiger partial charge in [0.1, 0.15) is 17.4 Å². The predicted molar refractivity (Wildman–Crippen MR) is 70.4 cm³/mol. The second kappa shape index (κ2) is 5.80. The maximum atomic E-state index is 5.66. The van der Waals surface area contributed by atoms with Crippen molar-refractivity contribution in [3.63, 3.8) is 0 Å². The van der Waals surface area contributed by atoms with Crippen molar-refractivity contribution in [2.75, 3.05) is 6.54 Å². The summed E-state index contributed by atoms with van der Waals surface area (Å²) in [5.41, 5.74) is 6.63. The van der Waals surface area contributed by atoms with E-state index < -0.39 is 0 Å². The van der Waals surface area contributed by atoms with Crippen molar-refractivity contribution in [3.05, 3.63) is 45.9 Å². The van der Waals surface area contributed by atoms with Gasteiger partial charge in [0, 0.05) is 4.88 Å². The molecule has 2 N–H and O–H groups in total. The highest BCUT2D eigenvalue weighted by Gasteiger charge is 2.07. The molecule has 0 spiro atoms. The molecule has 0 atom stereocenters. The van der Waals surface area contributed by atoms with E-state index in [1.807, 2.05) is 37.3 Å². The minimum Gasteiger partial charge on any atom is -0.486 e. The maximum Gasteiger partial charge on any atom is 0.140 e. The average molecular weight is 248 g/mol. The Bertz CT molecular complexity index is 468. The molecule has 0 bridgehead atoms. The Labute approximate surface area is 105 Å². The third-order valence-electron chi connectivity index (χ3n) is 2.41. The van der Waals surface area contributed by atoms with Gasteiger partial charge < -0.3 is 10.5 Å². The van der Waals surface area contributed by atoms with Gasteiger partial charge in [0.15, 0.2) is 0 Å². The second-order valence-electron chi connectivity index (χ2n) is 3.76. The molecule has 0 unspecified atom stereocenters. The molecule has 0 aliphatic rings. The van der Waals surface area contributed by atoms with E-state index in [0.29, 0.717) is 13.2 Å². The topological polar surface area (TPSA) is 48.1 Å². The summed E-state index contributed by atoms with van der Waals surface area (Å²) in [6, 6.07) is 9.78. The number of ether oxygens (including phenoxy) is 1. The van der Waals surface area contributed by atoms with Gasteiger partial charge in [-0.05, 0) is 32.0 Å². The molecule has 0 aliphatic heterocycles. The van der Waals surface area contributed by atoms with Crippen LogP contribution in [0.1, 0.15) is 15.6 Å². The molecule has 17 heavy (non-hydrogen) atoms. The Kier molecular flexibility index (Phi) is 4.12. The highest BCUT2D eigenvalue weighted by atomic mass is 32.1. The first-order chi connectivity index (χ1) is 8.29. The van der Waals surface area contributed by atoms with E-state index in [0.717, 1.165) is 22.9 Å². The highest BCUT2D eigenvalue weighted by Crippen LogP contribution is 2.20. The second-order valence-corrected chi connectivity index (χ2v) is 4.92. The quantitative estimate of drug-likeness (QED) is 0.884. The molecular weight excluding hydrogens is 232 g/mol. The van der Waals surface area contributed by atoms with Crippen LogP contribution >= 0.6 is 11.3 Å². The fourth-order valence-electron chi connectivity index (χ4n) is 1.57. The summed E-state index contributed by atoms with van der Waals surface area (Å²) in [7, 11) is 0. The van der Waals surface area contributed by atoms with Gasteiger partial charge in [0.25, 0.3) is 0 Å². The van der Waals surface area contributed by atoms with Crippen LogP contribution in [0.4, 0.5) is 0 Å². The van der Waals surface area contributed by atoms with Crippen LogP contribution in [0, 0.1) is 6.92 Å². The molecule has 0 saturated carbocycles. The number of thiazole rings is 1. The van der Waals surface area contributed by atoms with Crippen LogP contribution in [0.5, 0.6) is 5.75 Å². The molecule has 1 aromatic carbocycles. The van der Waals surface area contributed by atoms with Gasteiger partial charge in [-0.2, -0.15) is 0 Å². The van der Waals surface area contributed by atoms with Crippen molar-refractivity contribution in [2.24, 2.45) is 5.73 Å². The van der Waals surface area contributed by atoms with E-state index in [1.165, 1.54) is 4.88 Å². The lowest BCUT2D eigenvalue weighted by Crippen LogP contribution is -2.01. The van der Waals surface area contributed by atoms with E-state index in [2.05, 4.69) is 4.98 Å². The smallest absolute Gasteiger partial charge is 0.140 e. The van der Waals surface area contributed by atoms with Crippen LogP contribution in [0.2, 0.25) is 0 Å². The van der Waals surface area contributed by atoms with E-state index in [1.54, 1.807) is 11.3 Å². The van der Waals surface area contributed by atoms with Crippen LogP contribution in [0.15, 0.2) is 30.3 Å². The fourth-order valence-corrected chi connectivity index (χ4v) is 2.57. The van der Waals surface area contributed by atoms with Crippen molar-refractivity contribution in [2.45, 2.75) is 20.0 Å². The monoisotopic (exact) mass is 248 g/mol. The summed E-state index contributed by atoms with van der Waals surface area (Å²) >= 11 is 1.69. The first kappa shape index (κ1) is 12.1. The van der Waals surface area contributed by atoms with E-state index >= 15 is 0 Å². The summed E-state index contributed by atoms with van der Waals surface area (Å²) in [4.78, 5) is 5.75. The first-order valence-electron chi connectivity index (χ1n) is 5.62. The molecule has 1 aromatic heterocycles. The Balaban J connectivity index is 1.97. The van der Waals surface area contributed by atoms with Crippen molar-refractivity contribution >= 4 is 11.3 Å². The number of nitrogens with two attached hydrogens (primary N) is 1. The summed E-state index contributed by atoms with van der Waals surface area (Å²) < 4.78 is 5.66. The number of rotatable bonds is 5. The SMILES string of the molecule is Cc1nc(COc2ccccc2)sc1CCN. The molecule has 90 valence electrons. The Morgan fingerprint density at radius 3 is 2.76 bits per heavy atom. The van der Waals surface area contributed by atoms with Crippen LogP contribution in [-0.4, -0.2) is 11.5 Å². The maximum absolute atomic E-state index is 5.66. The zero-order valence-electron chi connectivity index (χ0n) is 9.85. The number of hydrogen-bond donors (Lipinski definition) is 1. The van der Waals surface area contributed by atoms with Gasteiger partial charge in [-0.3, -0.25) is 0 Å². The van der Waals surface area contributed by atoms with E-state index in [4.69, 9.17) is 10.5 Å². The van der Waals surface area contributed by atoms with Crippen LogP contribution in [0.25, 0.3) is 0 Å². The predicted octanol–water partition coefficient (Wildman–Crippen LogP) is 2.53. The van der Waals surface area contributed by atoms with Crippen molar-refractivity contribution in [3.8, 4) is 5.75 Å². The molecule has 2 rings (SSSR count). The third-order valence-corrected chi connectivity index (χ3v) is 3.60. The normalized spacial score (nSPS) is 10.5.